The molecule has 0 amide bonds. The van der Waals surface area contributed by atoms with Crippen molar-refractivity contribution in [3.05, 3.63) is 35.2 Å². The van der Waals surface area contributed by atoms with Gasteiger partial charge in [-0.2, -0.15) is 0 Å². The van der Waals surface area contributed by atoms with Crippen LogP contribution >= 0.6 is 11.3 Å². The summed E-state index contributed by atoms with van der Waals surface area (Å²) in [5.74, 6) is -0.785. The van der Waals surface area contributed by atoms with Crippen molar-refractivity contribution in [1.82, 2.24) is 4.90 Å². The highest BCUT2D eigenvalue weighted by atomic mass is 32.1. The third-order valence-corrected chi connectivity index (χ3v) is 4.01. The Bertz CT molecular complexity index is 535. The number of thiophene rings is 1. The Kier molecular flexibility index (Phi) is 3.45. The summed E-state index contributed by atoms with van der Waals surface area (Å²) in [6, 6.07) is 7.74. The first kappa shape index (κ1) is 12.1. The number of carboxylic acids is 1. The van der Waals surface area contributed by atoms with Crippen LogP contribution in [0.1, 0.15) is 12.5 Å². The summed E-state index contributed by atoms with van der Waals surface area (Å²) < 4.78 is 1.25. The number of carbonyl (C=O) groups is 1. The minimum absolute atomic E-state index is 0.464. The second kappa shape index (κ2) is 4.85. The van der Waals surface area contributed by atoms with Gasteiger partial charge in [0.25, 0.3) is 0 Å². The number of likely N-dealkylation sites (N-methyl/N-ethyl adjacent to an activating group) is 1. The lowest BCUT2D eigenvalue weighted by molar-refractivity contribution is -0.142. The number of rotatable bonds is 4. The molecule has 1 aromatic heterocycles. The fraction of sp³-hybridized carbons (Fsp3) is 0.308. The van der Waals surface area contributed by atoms with Crippen LogP contribution in [0.2, 0.25) is 0 Å². The molecule has 0 aliphatic carbocycles. The average Bonchev–Trinajstić information content (AvgIpc) is 2.71. The number of nitrogens with zero attached hydrogens (tertiary/aromatic N) is 1. The number of hydrogen-bond donors (Lipinski definition) is 1. The smallest absolute Gasteiger partial charge is 0.320 e. The van der Waals surface area contributed by atoms with Gasteiger partial charge in [-0.05, 0) is 36.4 Å². The predicted octanol–water partition coefficient (Wildman–Crippen LogP) is 2.81. The summed E-state index contributed by atoms with van der Waals surface area (Å²) in [7, 11) is 1.84. The van der Waals surface area contributed by atoms with E-state index in [9.17, 15) is 4.79 Å². The van der Waals surface area contributed by atoms with E-state index in [0.717, 1.165) is 0 Å². The van der Waals surface area contributed by atoms with Crippen LogP contribution in [0.25, 0.3) is 10.1 Å². The molecule has 1 atom stereocenters. The lowest BCUT2D eigenvalue weighted by Gasteiger charge is -2.20. The molecule has 0 aliphatic heterocycles. The first-order valence-electron chi connectivity index (χ1n) is 5.47. The molecule has 1 heterocycles. The number of carboxylic acid groups (broad SMARTS) is 1. The molecule has 0 spiro atoms. The Labute approximate surface area is 104 Å². The minimum Gasteiger partial charge on any atom is -0.480 e. The maximum absolute atomic E-state index is 10.9. The molecule has 0 saturated carbocycles. The van der Waals surface area contributed by atoms with Crippen molar-refractivity contribution in [2.24, 2.45) is 0 Å². The standard InChI is InChI=1S/C13H15NO2S/c1-9(13(15)16)14(2)7-10-8-17-12-6-4-3-5-11(10)12/h3-6,8-9H,7H2,1-2H3,(H,15,16)/t9-/m1/s1. The molecule has 1 N–H and O–H groups in total. The summed E-state index contributed by atoms with van der Waals surface area (Å²) in [6.45, 7) is 2.37. The molecule has 0 saturated heterocycles. The lowest BCUT2D eigenvalue weighted by atomic mass is 10.1. The van der Waals surface area contributed by atoms with E-state index in [1.807, 2.05) is 24.1 Å². The van der Waals surface area contributed by atoms with Crippen LogP contribution in [0.15, 0.2) is 29.6 Å². The van der Waals surface area contributed by atoms with Gasteiger partial charge in [0.15, 0.2) is 0 Å². The fourth-order valence-corrected chi connectivity index (χ4v) is 2.70. The second-order valence-corrected chi connectivity index (χ2v) is 5.10. The van der Waals surface area contributed by atoms with Gasteiger partial charge >= 0.3 is 5.97 Å². The zero-order chi connectivity index (χ0) is 12.4. The molecule has 17 heavy (non-hydrogen) atoms. The normalized spacial score (nSPS) is 13.1. The van der Waals surface area contributed by atoms with Crippen LogP contribution < -0.4 is 0 Å². The average molecular weight is 249 g/mol. The van der Waals surface area contributed by atoms with Crippen molar-refractivity contribution in [3.8, 4) is 0 Å². The Balaban J connectivity index is 2.21. The van der Waals surface area contributed by atoms with Crippen molar-refractivity contribution in [1.29, 1.82) is 0 Å². The van der Waals surface area contributed by atoms with Gasteiger partial charge in [-0.1, -0.05) is 18.2 Å². The molecule has 2 aromatic rings. The largest absolute Gasteiger partial charge is 0.480 e. The molecule has 0 bridgehead atoms. The van der Waals surface area contributed by atoms with E-state index >= 15 is 0 Å². The van der Waals surface area contributed by atoms with Crippen molar-refractivity contribution >= 4 is 27.4 Å². The van der Waals surface area contributed by atoms with Gasteiger partial charge < -0.3 is 5.11 Å². The van der Waals surface area contributed by atoms with E-state index in [4.69, 9.17) is 5.11 Å². The van der Waals surface area contributed by atoms with Gasteiger partial charge in [-0.3, -0.25) is 9.69 Å². The van der Waals surface area contributed by atoms with E-state index in [1.54, 1.807) is 18.3 Å². The Hall–Kier alpha value is -1.39. The monoisotopic (exact) mass is 249 g/mol. The molecule has 0 fully saturated rings. The van der Waals surface area contributed by atoms with Crippen LogP contribution in [0.5, 0.6) is 0 Å². The van der Waals surface area contributed by atoms with E-state index < -0.39 is 12.0 Å². The van der Waals surface area contributed by atoms with Gasteiger partial charge in [0.1, 0.15) is 6.04 Å². The van der Waals surface area contributed by atoms with E-state index in [1.165, 1.54) is 15.6 Å². The Morgan fingerprint density at radius 1 is 1.47 bits per heavy atom. The maximum atomic E-state index is 10.9. The zero-order valence-electron chi connectivity index (χ0n) is 9.88. The number of hydrogen-bond acceptors (Lipinski definition) is 3. The lowest BCUT2D eigenvalue weighted by Crippen LogP contribution is -2.35. The number of benzene rings is 1. The van der Waals surface area contributed by atoms with Crippen molar-refractivity contribution < 1.29 is 9.90 Å². The Morgan fingerprint density at radius 2 is 2.18 bits per heavy atom. The number of aliphatic carboxylic acids is 1. The van der Waals surface area contributed by atoms with Crippen molar-refractivity contribution in [3.63, 3.8) is 0 Å². The minimum atomic E-state index is -0.785. The first-order chi connectivity index (χ1) is 8.09. The van der Waals surface area contributed by atoms with Gasteiger partial charge in [0.2, 0.25) is 0 Å². The SMILES string of the molecule is C[C@H](C(=O)O)N(C)Cc1csc2ccccc12. The fourth-order valence-electron chi connectivity index (χ4n) is 1.75. The molecule has 1 aromatic carbocycles. The van der Waals surface area contributed by atoms with Crippen LogP contribution in [0, 0.1) is 0 Å². The summed E-state index contributed by atoms with van der Waals surface area (Å²) in [5, 5.41) is 12.3. The summed E-state index contributed by atoms with van der Waals surface area (Å²) in [6.07, 6.45) is 0. The molecule has 0 unspecified atom stereocenters. The molecule has 90 valence electrons. The molecule has 0 radical (unpaired) electrons. The zero-order valence-corrected chi connectivity index (χ0v) is 10.7. The van der Waals surface area contributed by atoms with Crippen LogP contribution in [-0.4, -0.2) is 29.1 Å². The van der Waals surface area contributed by atoms with Crippen molar-refractivity contribution in [2.75, 3.05) is 7.05 Å². The highest BCUT2D eigenvalue weighted by Gasteiger charge is 2.17. The van der Waals surface area contributed by atoms with Gasteiger partial charge in [-0.25, -0.2) is 0 Å². The summed E-state index contributed by atoms with van der Waals surface area (Å²) in [5.41, 5.74) is 1.20. The van der Waals surface area contributed by atoms with Crippen LogP contribution in [-0.2, 0) is 11.3 Å². The third-order valence-electron chi connectivity index (χ3n) is 3.00. The van der Waals surface area contributed by atoms with Gasteiger partial charge in [0.05, 0.1) is 0 Å². The van der Waals surface area contributed by atoms with Gasteiger partial charge in [-0.15, -0.1) is 11.3 Å². The quantitative estimate of drug-likeness (QED) is 0.905. The highest BCUT2D eigenvalue weighted by molar-refractivity contribution is 7.17. The Morgan fingerprint density at radius 3 is 2.88 bits per heavy atom. The summed E-state index contributed by atoms with van der Waals surface area (Å²) in [4.78, 5) is 12.7. The van der Waals surface area contributed by atoms with E-state index in [2.05, 4.69) is 17.5 Å². The molecule has 3 nitrogen and oxygen atoms in total. The van der Waals surface area contributed by atoms with E-state index in [-0.39, 0.29) is 0 Å². The molecule has 0 aliphatic rings. The molecule has 4 heteroatoms. The second-order valence-electron chi connectivity index (χ2n) is 4.19. The molecular formula is C13H15NO2S. The maximum Gasteiger partial charge on any atom is 0.320 e. The van der Waals surface area contributed by atoms with Crippen molar-refractivity contribution in [2.45, 2.75) is 19.5 Å². The summed E-state index contributed by atoms with van der Waals surface area (Å²) >= 11 is 1.70. The van der Waals surface area contributed by atoms with Crippen LogP contribution in [0.4, 0.5) is 0 Å². The third kappa shape index (κ3) is 2.48. The van der Waals surface area contributed by atoms with Crippen LogP contribution in [0.3, 0.4) is 0 Å². The predicted molar refractivity (Wildman–Crippen MR) is 70.4 cm³/mol. The van der Waals surface area contributed by atoms with E-state index in [0.29, 0.717) is 6.54 Å². The molecule has 2 rings (SSSR count). The topological polar surface area (TPSA) is 40.5 Å². The number of fused-ring (bicyclic) bond motifs is 1. The highest BCUT2D eigenvalue weighted by Crippen LogP contribution is 2.26. The first-order valence-corrected chi connectivity index (χ1v) is 6.35. The molecular weight excluding hydrogens is 234 g/mol. The van der Waals surface area contributed by atoms with Gasteiger partial charge in [0, 0.05) is 11.2 Å².